The lowest BCUT2D eigenvalue weighted by Crippen LogP contribution is -2.47. The van der Waals surface area contributed by atoms with Crippen molar-refractivity contribution in [2.45, 2.75) is 20.4 Å². The number of hydrogen-bond acceptors (Lipinski definition) is 4. The largest absolute Gasteiger partial charge is 0.364 e. The summed E-state index contributed by atoms with van der Waals surface area (Å²) >= 11 is 0. The Morgan fingerprint density at radius 2 is 1.68 bits per heavy atom. The van der Waals surface area contributed by atoms with Gasteiger partial charge in [0.25, 0.3) is 5.56 Å². The van der Waals surface area contributed by atoms with Gasteiger partial charge in [-0.05, 0) is 50.2 Å². The summed E-state index contributed by atoms with van der Waals surface area (Å²) in [7, 11) is 2.09. The molecule has 0 spiro atoms. The molecule has 0 unspecified atom stereocenters. The van der Waals surface area contributed by atoms with Crippen molar-refractivity contribution in [3.8, 4) is 11.3 Å². The van der Waals surface area contributed by atoms with Crippen molar-refractivity contribution in [3.63, 3.8) is 0 Å². The molecule has 0 saturated carbocycles. The van der Waals surface area contributed by atoms with Gasteiger partial charge in [0.1, 0.15) is 11.5 Å². The van der Waals surface area contributed by atoms with E-state index in [1.807, 2.05) is 49.4 Å². The minimum Gasteiger partial charge on any atom is -0.364 e. The monoisotopic (exact) mass is 504 g/mol. The number of nitrogens with zero attached hydrogens (tertiary/aromatic N) is 4. The molecule has 3 aromatic rings. The lowest BCUT2D eigenvalue weighted by Gasteiger charge is -2.34. The summed E-state index contributed by atoms with van der Waals surface area (Å²) in [6.45, 7) is 7.44. The lowest BCUT2D eigenvalue weighted by atomic mass is 10.0. The Morgan fingerprint density at radius 1 is 1.00 bits per heavy atom. The van der Waals surface area contributed by atoms with Crippen LogP contribution in [0.4, 0.5) is 10.1 Å². The Hall–Kier alpha value is -2.67. The zero-order chi connectivity index (χ0) is 22.7. The molecule has 0 bridgehead atoms. The summed E-state index contributed by atoms with van der Waals surface area (Å²) in [5, 5.41) is 4.71. The molecule has 1 fully saturated rings. The van der Waals surface area contributed by atoms with Gasteiger partial charge in [0, 0.05) is 37.3 Å². The quantitative estimate of drug-likeness (QED) is 0.491. The van der Waals surface area contributed by atoms with Crippen LogP contribution in [0.3, 0.4) is 0 Å². The molecule has 4 rings (SSSR count). The molecule has 0 amide bonds. The average Bonchev–Trinajstić information content (AvgIpc) is 2.79. The van der Waals surface area contributed by atoms with E-state index in [0.717, 1.165) is 48.6 Å². The first-order valence-electron chi connectivity index (χ1n) is 11.0. The third-order valence-electron chi connectivity index (χ3n) is 6.01. The summed E-state index contributed by atoms with van der Waals surface area (Å²) in [5.41, 5.74) is 4.61. The van der Waals surface area contributed by atoms with Gasteiger partial charge in [-0.25, -0.2) is 9.07 Å². The number of rotatable bonds is 5. The Morgan fingerprint density at radius 3 is 2.32 bits per heavy atom. The van der Waals surface area contributed by atoms with Crippen LogP contribution in [0.25, 0.3) is 17.3 Å². The van der Waals surface area contributed by atoms with E-state index in [0.29, 0.717) is 17.8 Å². The average molecular weight is 505 g/mol. The van der Waals surface area contributed by atoms with E-state index in [9.17, 15) is 9.18 Å². The standard InChI is InChI=1S/C26H29FN4O.2ClH/c1-19-18-22(11-12-23(19)27)24-20(2)25(30-16-14-29(3)15-17-30)26(32)31(28-24)13-7-10-21-8-5-4-6-9-21;;/h4-12,18H,13-17H2,1-3H3;2*1H. The maximum absolute atomic E-state index is 13.9. The third-order valence-corrected chi connectivity index (χ3v) is 6.01. The fraction of sp³-hybridized carbons (Fsp3) is 0.308. The summed E-state index contributed by atoms with van der Waals surface area (Å²) in [5.74, 6) is -0.246. The number of allylic oxidation sites excluding steroid dienone is 1. The zero-order valence-electron chi connectivity index (χ0n) is 19.7. The minimum absolute atomic E-state index is 0. The van der Waals surface area contributed by atoms with Crippen LogP contribution in [-0.2, 0) is 6.54 Å². The Labute approximate surface area is 212 Å². The maximum atomic E-state index is 13.9. The van der Waals surface area contributed by atoms with Gasteiger partial charge in [-0.3, -0.25) is 4.79 Å². The zero-order valence-corrected chi connectivity index (χ0v) is 21.3. The van der Waals surface area contributed by atoms with Gasteiger partial charge < -0.3 is 9.80 Å². The summed E-state index contributed by atoms with van der Waals surface area (Å²) in [4.78, 5) is 17.9. The molecule has 1 aromatic heterocycles. The smallest absolute Gasteiger partial charge is 0.290 e. The summed E-state index contributed by atoms with van der Waals surface area (Å²) < 4.78 is 15.4. The van der Waals surface area contributed by atoms with Crippen LogP contribution in [0.5, 0.6) is 0 Å². The molecule has 0 N–H and O–H groups in total. The Bertz CT molecular complexity index is 1190. The molecular weight excluding hydrogens is 474 g/mol. The number of halogens is 3. The fourth-order valence-electron chi connectivity index (χ4n) is 4.08. The summed E-state index contributed by atoms with van der Waals surface area (Å²) in [6.07, 6.45) is 3.94. The van der Waals surface area contributed by atoms with Gasteiger partial charge >= 0.3 is 0 Å². The molecule has 0 aliphatic carbocycles. The predicted octanol–water partition coefficient (Wildman–Crippen LogP) is 4.98. The second kappa shape index (κ2) is 12.2. The van der Waals surface area contributed by atoms with Gasteiger partial charge in [-0.2, -0.15) is 5.10 Å². The highest BCUT2D eigenvalue weighted by Gasteiger charge is 2.23. The predicted molar refractivity (Wildman–Crippen MR) is 143 cm³/mol. The number of aryl methyl sites for hydroxylation is 1. The van der Waals surface area contributed by atoms with Crippen molar-refractivity contribution in [3.05, 3.63) is 87.5 Å². The normalized spacial score (nSPS) is 14.1. The molecule has 34 heavy (non-hydrogen) atoms. The molecule has 0 atom stereocenters. The van der Waals surface area contributed by atoms with Crippen molar-refractivity contribution in [1.82, 2.24) is 14.7 Å². The third kappa shape index (κ3) is 6.06. The van der Waals surface area contributed by atoms with Crippen LogP contribution in [0, 0.1) is 19.7 Å². The van der Waals surface area contributed by atoms with Gasteiger partial charge in [-0.1, -0.05) is 42.5 Å². The fourth-order valence-corrected chi connectivity index (χ4v) is 4.08. The number of benzene rings is 2. The first-order valence-corrected chi connectivity index (χ1v) is 11.0. The number of aromatic nitrogens is 2. The second-order valence-corrected chi connectivity index (χ2v) is 8.38. The van der Waals surface area contributed by atoms with Crippen LogP contribution in [0.2, 0.25) is 0 Å². The molecule has 182 valence electrons. The Balaban J connectivity index is 0.00000204. The van der Waals surface area contributed by atoms with Crippen molar-refractivity contribution in [2.24, 2.45) is 0 Å². The number of anilines is 1. The highest BCUT2D eigenvalue weighted by molar-refractivity contribution is 5.85. The molecular formula is C26H31Cl2FN4O. The SMILES string of the molecule is Cc1cc(-c2nn(CC=Cc3ccccc3)c(=O)c(N3CCN(C)CC3)c2C)ccc1F.Cl.Cl. The van der Waals surface area contributed by atoms with Crippen molar-refractivity contribution >= 4 is 36.6 Å². The van der Waals surface area contributed by atoms with E-state index < -0.39 is 0 Å². The highest BCUT2D eigenvalue weighted by Crippen LogP contribution is 2.28. The van der Waals surface area contributed by atoms with Crippen LogP contribution >= 0.6 is 24.8 Å². The minimum atomic E-state index is -0.246. The van der Waals surface area contributed by atoms with Gasteiger partial charge in [0.2, 0.25) is 0 Å². The topological polar surface area (TPSA) is 41.4 Å². The lowest BCUT2D eigenvalue weighted by molar-refractivity contribution is 0.312. The van der Waals surface area contributed by atoms with Crippen LogP contribution in [-0.4, -0.2) is 47.9 Å². The molecule has 5 nitrogen and oxygen atoms in total. The number of hydrogen-bond donors (Lipinski definition) is 0. The van der Waals surface area contributed by atoms with E-state index in [4.69, 9.17) is 5.10 Å². The Kier molecular flexibility index (Phi) is 9.86. The van der Waals surface area contributed by atoms with E-state index in [1.54, 1.807) is 19.1 Å². The molecule has 2 heterocycles. The molecule has 1 aliphatic rings. The van der Waals surface area contributed by atoms with Crippen molar-refractivity contribution in [1.29, 1.82) is 0 Å². The number of piperazine rings is 1. The second-order valence-electron chi connectivity index (χ2n) is 8.38. The van der Waals surface area contributed by atoms with Gasteiger partial charge in [0.05, 0.1) is 12.2 Å². The van der Waals surface area contributed by atoms with Gasteiger partial charge in [0.15, 0.2) is 0 Å². The van der Waals surface area contributed by atoms with E-state index in [2.05, 4.69) is 16.8 Å². The molecule has 1 saturated heterocycles. The summed E-state index contributed by atoms with van der Waals surface area (Å²) in [6, 6.07) is 15.0. The van der Waals surface area contributed by atoms with Crippen molar-refractivity contribution in [2.75, 3.05) is 38.1 Å². The highest BCUT2D eigenvalue weighted by atomic mass is 35.5. The molecule has 0 radical (unpaired) electrons. The van der Waals surface area contributed by atoms with Crippen LogP contribution < -0.4 is 10.5 Å². The first kappa shape index (κ1) is 27.6. The number of likely N-dealkylation sites (N-methyl/N-ethyl adjacent to an activating group) is 1. The van der Waals surface area contributed by atoms with Crippen LogP contribution in [0.15, 0.2) is 59.4 Å². The van der Waals surface area contributed by atoms with Crippen LogP contribution in [0.1, 0.15) is 16.7 Å². The van der Waals surface area contributed by atoms with Crippen molar-refractivity contribution < 1.29 is 4.39 Å². The van der Waals surface area contributed by atoms with Gasteiger partial charge in [-0.15, -0.1) is 24.8 Å². The molecule has 8 heteroatoms. The van der Waals surface area contributed by atoms with E-state index in [1.165, 1.54) is 10.7 Å². The maximum Gasteiger partial charge on any atom is 0.290 e. The van der Waals surface area contributed by atoms with E-state index in [-0.39, 0.29) is 36.2 Å². The molecule has 1 aliphatic heterocycles. The van der Waals surface area contributed by atoms with E-state index >= 15 is 0 Å². The first-order chi connectivity index (χ1) is 15.4. The molecule has 2 aromatic carbocycles.